The van der Waals surface area contributed by atoms with Crippen molar-refractivity contribution in [1.29, 1.82) is 0 Å². The van der Waals surface area contributed by atoms with Crippen molar-refractivity contribution in [3.63, 3.8) is 0 Å². The lowest BCUT2D eigenvalue weighted by atomic mass is 9.73. The maximum absolute atomic E-state index is 12.9. The highest BCUT2D eigenvalue weighted by Gasteiger charge is 2.55. The van der Waals surface area contributed by atoms with Crippen molar-refractivity contribution in [2.75, 3.05) is 13.2 Å². The largest absolute Gasteiger partial charge is 0.456 e. The van der Waals surface area contributed by atoms with E-state index in [-0.39, 0.29) is 5.92 Å². The minimum absolute atomic E-state index is 0.120. The van der Waals surface area contributed by atoms with Crippen molar-refractivity contribution < 1.29 is 51.0 Å². The second-order valence-corrected chi connectivity index (χ2v) is 7.94. The Morgan fingerprint density at radius 1 is 1.15 bits per heavy atom. The summed E-state index contributed by atoms with van der Waals surface area (Å²) in [6.07, 6.45) is 2.85. The predicted octanol–water partition coefficient (Wildman–Crippen LogP) is 3.12. The molecule has 1 heterocycles. The van der Waals surface area contributed by atoms with Gasteiger partial charge in [-0.15, -0.1) is 0 Å². The molecule has 9 nitrogen and oxygen atoms in total. The molecule has 3 rings (SSSR count). The van der Waals surface area contributed by atoms with Crippen LogP contribution < -0.4 is 14.8 Å². The molecule has 1 aliphatic heterocycles. The van der Waals surface area contributed by atoms with Gasteiger partial charge in [-0.2, -0.15) is 17.6 Å². The number of carbonyl (C=O) groups excluding carboxylic acids is 4. The number of nitrogens with zero attached hydrogens (tertiary/aromatic N) is 1. The van der Waals surface area contributed by atoms with E-state index in [9.17, 15) is 36.7 Å². The fourth-order valence-corrected chi connectivity index (χ4v) is 4.14. The van der Waals surface area contributed by atoms with E-state index in [2.05, 4.69) is 14.8 Å². The third-order valence-corrected chi connectivity index (χ3v) is 5.85. The maximum atomic E-state index is 12.9. The first-order valence-corrected chi connectivity index (χ1v) is 10.4. The summed E-state index contributed by atoms with van der Waals surface area (Å²) in [4.78, 5) is 50.5. The van der Waals surface area contributed by atoms with Crippen molar-refractivity contribution in [3.05, 3.63) is 23.8 Å². The fourth-order valence-electron chi connectivity index (χ4n) is 4.14. The molecule has 1 N–H and O–H groups in total. The highest BCUT2D eigenvalue weighted by Crippen LogP contribution is 2.38. The number of hydrogen-bond acceptors (Lipinski definition) is 7. The summed E-state index contributed by atoms with van der Waals surface area (Å²) in [5, 5.41) is 2.67. The zero-order valence-corrected chi connectivity index (χ0v) is 18.0. The van der Waals surface area contributed by atoms with Crippen molar-refractivity contribution in [2.24, 2.45) is 5.92 Å². The van der Waals surface area contributed by atoms with E-state index in [1.807, 2.05) is 6.92 Å². The number of ketones is 1. The normalized spacial score (nSPS) is 22.3. The Bertz CT molecular complexity index is 974. The first-order chi connectivity index (χ1) is 16.0. The van der Waals surface area contributed by atoms with Crippen LogP contribution in [0.3, 0.4) is 0 Å². The lowest BCUT2D eigenvalue weighted by Crippen LogP contribution is -2.54. The van der Waals surface area contributed by atoms with Gasteiger partial charge in [0.1, 0.15) is 23.6 Å². The Kier molecular flexibility index (Phi) is 7.62. The Balaban J connectivity index is 1.63. The molecule has 34 heavy (non-hydrogen) atoms. The van der Waals surface area contributed by atoms with Crippen LogP contribution in [0.2, 0.25) is 0 Å². The summed E-state index contributed by atoms with van der Waals surface area (Å²) in [6, 6.07) is 1.75. The minimum atomic E-state index is -3.37. The molecule has 1 aromatic carbocycles. The molecule has 0 aromatic heterocycles. The second-order valence-electron chi connectivity index (χ2n) is 7.94. The lowest BCUT2D eigenvalue weighted by Gasteiger charge is -2.36. The summed E-state index contributed by atoms with van der Waals surface area (Å²) < 4.78 is 63.1. The molecule has 1 spiro atoms. The van der Waals surface area contributed by atoms with Gasteiger partial charge in [0.25, 0.3) is 5.91 Å². The molecular weight excluding hydrogens is 468 g/mol. The highest BCUT2D eigenvalue weighted by molar-refractivity contribution is 6.09. The van der Waals surface area contributed by atoms with Crippen LogP contribution in [0.15, 0.2) is 18.2 Å². The standard InChI is InChI=1S/C21H22F4N2O7/c1-11-4-2-3-7-21(11)17(30)27(20(31)26-21)9-16(29)32-10-14(28)13-6-5-12(33-18(22)23)8-15(13)34-19(24)25/h5-6,8,11,18-19H,2-4,7,9-10H2,1H3,(H,26,31)/t11-,21+/m1/s1. The molecule has 1 aromatic rings. The van der Waals surface area contributed by atoms with E-state index in [0.717, 1.165) is 36.3 Å². The average Bonchev–Trinajstić information content (AvgIpc) is 2.98. The highest BCUT2D eigenvalue weighted by atomic mass is 19.3. The summed E-state index contributed by atoms with van der Waals surface area (Å²) in [7, 11) is 0. The van der Waals surface area contributed by atoms with E-state index in [0.29, 0.717) is 12.5 Å². The Hall–Kier alpha value is -3.38. The molecule has 13 heteroatoms. The van der Waals surface area contributed by atoms with Gasteiger partial charge in [0, 0.05) is 6.07 Å². The number of urea groups is 1. The van der Waals surface area contributed by atoms with Crippen LogP contribution in [0.1, 0.15) is 43.0 Å². The molecule has 1 saturated carbocycles. The van der Waals surface area contributed by atoms with Gasteiger partial charge < -0.3 is 19.5 Å². The number of ether oxygens (including phenoxy) is 3. The number of Topliss-reactive ketones (excluding diaryl/α,β-unsaturated/α-hetero) is 1. The third-order valence-electron chi connectivity index (χ3n) is 5.85. The van der Waals surface area contributed by atoms with Crippen molar-refractivity contribution >= 4 is 23.7 Å². The molecule has 3 amide bonds. The quantitative estimate of drug-likeness (QED) is 0.245. The number of amides is 3. The molecule has 2 fully saturated rings. The molecule has 1 saturated heterocycles. The second kappa shape index (κ2) is 10.3. The average molecular weight is 490 g/mol. The minimum Gasteiger partial charge on any atom is -0.456 e. The molecule has 2 atom stereocenters. The fraction of sp³-hybridized carbons (Fsp3) is 0.524. The van der Waals surface area contributed by atoms with Gasteiger partial charge in [0.05, 0.1) is 5.56 Å². The zero-order chi connectivity index (χ0) is 25.0. The Morgan fingerprint density at radius 3 is 2.50 bits per heavy atom. The summed E-state index contributed by atoms with van der Waals surface area (Å²) in [5.74, 6) is -4.01. The molecule has 1 aliphatic carbocycles. The molecule has 186 valence electrons. The van der Waals surface area contributed by atoms with Gasteiger partial charge in [0.15, 0.2) is 6.61 Å². The van der Waals surface area contributed by atoms with Crippen LogP contribution in [0.4, 0.5) is 22.4 Å². The number of nitrogens with one attached hydrogen (secondary N) is 1. The van der Waals surface area contributed by atoms with Crippen LogP contribution in [-0.2, 0) is 14.3 Å². The van der Waals surface area contributed by atoms with Crippen LogP contribution in [0.25, 0.3) is 0 Å². The van der Waals surface area contributed by atoms with E-state index in [4.69, 9.17) is 4.74 Å². The number of esters is 1. The predicted molar refractivity (Wildman–Crippen MR) is 106 cm³/mol. The molecule has 2 aliphatic rings. The molecule has 0 radical (unpaired) electrons. The number of benzene rings is 1. The number of rotatable bonds is 9. The van der Waals surface area contributed by atoms with Gasteiger partial charge in [0.2, 0.25) is 5.78 Å². The van der Waals surface area contributed by atoms with Crippen LogP contribution >= 0.6 is 0 Å². The van der Waals surface area contributed by atoms with Crippen molar-refractivity contribution in [2.45, 2.75) is 51.4 Å². The van der Waals surface area contributed by atoms with E-state index >= 15 is 0 Å². The van der Waals surface area contributed by atoms with E-state index in [1.165, 1.54) is 0 Å². The first kappa shape index (κ1) is 25.2. The van der Waals surface area contributed by atoms with Gasteiger partial charge in [-0.3, -0.25) is 19.3 Å². The maximum Gasteiger partial charge on any atom is 0.387 e. The molecular formula is C21H22F4N2O7. The summed E-state index contributed by atoms with van der Waals surface area (Å²) >= 11 is 0. The van der Waals surface area contributed by atoms with Crippen molar-refractivity contribution in [3.8, 4) is 11.5 Å². The van der Waals surface area contributed by atoms with Crippen LogP contribution in [0, 0.1) is 5.92 Å². The first-order valence-electron chi connectivity index (χ1n) is 10.4. The molecule has 0 unspecified atom stereocenters. The summed E-state index contributed by atoms with van der Waals surface area (Å²) in [5.41, 5.74) is -1.55. The number of halogens is 4. The molecule has 0 bridgehead atoms. The SMILES string of the molecule is C[C@@H]1CCCC[C@]12NC(=O)N(CC(=O)OCC(=O)c1ccc(OC(F)F)cc1OC(F)F)C2=O. The zero-order valence-electron chi connectivity index (χ0n) is 18.0. The van der Waals surface area contributed by atoms with E-state index < -0.39 is 72.7 Å². The topological polar surface area (TPSA) is 111 Å². The summed E-state index contributed by atoms with van der Waals surface area (Å²) in [6.45, 7) is -6.44. The van der Waals surface area contributed by atoms with Crippen LogP contribution in [0.5, 0.6) is 11.5 Å². The van der Waals surface area contributed by atoms with E-state index in [1.54, 1.807) is 0 Å². The number of imide groups is 1. The van der Waals surface area contributed by atoms with Gasteiger partial charge in [-0.25, -0.2) is 4.79 Å². The van der Waals surface area contributed by atoms with Gasteiger partial charge in [-0.05, 0) is 30.9 Å². The number of carbonyl (C=O) groups is 4. The van der Waals surface area contributed by atoms with Crippen LogP contribution in [-0.4, -0.2) is 60.5 Å². The monoisotopic (exact) mass is 490 g/mol. The van der Waals surface area contributed by atoms with Crippen molar-refractivity contribution in [1.82, 2.24) is 10.2 Å². The van der Waals surface area contributed by atoms with Gasteiger partial charge >= 0.3 is 25.2 Å². The van der Waals surface area contributed by atoms with Gasteiger partial charge in [-0.1, -0.05) is 19.8 Å². The number of hydrogen-bond donors (Lipinski definition) is 1. The lowest BCUT2D eigenvalue weighted by molar-refractivity contribution is -0.147. The third kappa shape index (κ3) is 5.39. The smallest absolute Gasteiger partial charge is 0.387 e. The Morgan fingerprint density at radius 2 is 1.85 bits per heavy atom. The Labute approximate surface area is 191 Å². The number of alkyl halides is 4.